The molecule has 1 aliphatic rings. The number of halogens is 1. The zero-order valence-corrected chi connectivity index (χ0v) is 5.74. The molecule has 2 atom stereocenters. The van der Waals surface area contributed by atoms with Crippen LogP contribution in [0, 0.1) is 0 Å². The predicted molar refractivity (Wildman–Crippen MR) is 35.3 cm³/mol. The smallest absolute Gasteiger partial charge is 0.122 e. The molecule has 0 radical (unpaired) electrons. The van der Waals surface area contributed by atoms with E-state index >= 15 is 0 Å². The van der Waals surface area contributed by atoms with Crippen LogP contribution >= 0.6 is 0 Å². The van der Waals surface area contributed by atoms with Gasteiger partial charge in [-0.05, 0) is 12.6 Å². The number of likely N-dealkylation sites (tertiary alicyclic amines) is 1. The van der Waals surface area contributed by atoms with Crippen LogP contribution in [0.4, 0.5) is 4.39 Å². The molecule has 1 heterocycles. The molecule has 0 aliphatic carbocycles. The summed E-state index contributed by atoms with van der Waals surface area (Å²) in [7, 11) is 1.81. The number of nitrogens with zero attached hydrogens (tertiary/aromatic N) is 4. The second kappa shape index (κ2) is 2.86. The Labute approximate surface area is 58.3 Å². The van der Waals surface area contributed by atoms with Crippen LogP contribution in [-0.2, 0) is 0 Å². The van der Waals surface area contributed by atoms with Gasteiger partial charge in [-0.1, -0.05) is 5.11 Å². The Bertz CT molecular complexity index is 165. The quantitative estimate of drug-likeness (QED) is 0.307. The van der Waals surface area contributed by atoms with Crippen LogP contribution < -0.4 is 0 Å². The first-order valence-corrected chi connectivity index (χ1v) is 3.11. The Hall–Kier alpha value is -0.800. The summed E-state index contributed by atoms with van der Waals surface area (Å²) in [5.41, 5.74) is 8.00. The van der Waals surface area contributed by atoms with E-state index in [4.69, 9.17) is 5.53 Å². The molecule has 0 bridgehead atoms. The minimum atomic E-state index is -0.985. The lowest BCUT2D eigenvalue weighted by molar-refractivity contribution is 0.309. The number of rotatable bonds is 1. The van der Waals surface area contributed by atoms with Gasteiger partial charge < -0.3 is 4.90 Å². The van der Waals surface area contributed by atoms with Crippen molar-refractivity contribution in [1.82, 2.24) is 4.90 Å². The lowest BCUT2D eigenvalue weighted by atomic mass is 10.2. The minimum Gasteiger partial charge on any atom is -0.303 e. The van der Waals surface area contributed by atoms with Gasteiger partial charge in [-0.15, -0.1) is 0 Å². The van der Waals surface area contributed by atoms with Crippen LogP contribution in [0.1, 0.15) is 0 Å². The molecule has 0 spiro atoms. The highest BCUT2D eigenvalue weighted by atomic mass is 19.1. The number of azide groups is 1. The first-order valence-electron chi connectivity index (χ1n) is 3.11. The van der Waals surface area contributed by atoms with E-state index in [1.165, 1.54) is 0 Å². The van der Waals surface area contributed by atoms with Gasteiger partial charge in [-0.3, -0.25) is 0 Å². The van der Waals surface area contributed by atoms with Gasteiger partial charge in [0.2, 0.25) is 0 Å². The van der Waals surface area contributed by atoms with Crippen LogP contribution in [-0.4, -0.2) is 37.3 Å². The van der Waals surface area contributed by atoms with Gasteiger partial charge >= 0.3 is 0 Å². The lowest BCUT2D eigenvalue weighted by Gasteiger charge is -2.02. The molecule has 5 heteroatoms. The molecule has 0 amide bonds. The summed E-state index contributed by atoms with van der Waals surface area (Å²) in [5.74, 6) is 0. The number of hydrogen-bond donors (Lipinski definition) is 0. The first-order chi connectivity index (χ1) is 4.74. The Balaban J connectivity index is 2.54. The van der Waals surface area contributed by atoms with E-state index in [9.17, 15) is 4.39 Å². The molecule has 56 valence electrons. The summed E-state index contributed by atoms with van der Waals surface area (Å²) >= 11 is 0. The summed E-state index contributed by atoms with van der Waals surface area (Å²) in [4.78, 5) is 4.37. The van der Waals surface area contributed by atoms with Crippen molar-refractivity contribution in [2.24, 2.45) is 5.11 Å². The van der Waals surface area contributed by atoms with Crippen molar-refractivity contribution in [3.63, 3.8) is 0 Å². The molecule has 0 saturated carbocycles. The molecule has 0 aromatic heterocycles. The van der Waals surface area contributed by atoms with E-state index in [-0.39, 0.29) is 0 Å². The SMILES string of the molecule is CN1C[C@@H](F)[C@H](N=[N+]=[N-])C1. The highest BCUT2D eigenvalue weighted by Crippen LogP contribution is 2.14. The van der Waals surface area contributed by atoms with Gasteiger partial charge in [0.15, 0.2) is 0 Å². The normalized spacial score (nSPS) is 33.8. The average Bonchev–Trinajstić information content (AvgIpc) is 2.13. The fourth-order valence-electron chi connectivity index (χ4n) is 1.10. The highest BCUT2D eigenvalue weighted by Gasteiger charge is 2.29. The Morgan fingerprint density at radius 1 is 1.70 bits per heavy atom. The maximum Gasteiger partial charge on any atom is 0.122 e. The fraction of sp³-hybridized carbons (Fsp3) is 1.00. The second-order valence-corrected chi connectivity index (χ2v) is 2.51. The molecule has 0 N–H and O–H groups in total. The Morgan fingerprint density at radius 3 is 2.80 bits per heavy atom. The van der Waals surface area contributed by atoms with Crippen LogP contribution in [0.3, 0.4) is 0 Å². The Morgan fingerprint density at radius 2 is 2.40 bits per heavy atom. The van der Waals surface area contributed by atoms with Crippen molar-refractivity contribution >= 4 is 0 Å². The number of alkyl halides is 1. The molecular formula is C5H9FN4. The third-order valence-corrected chi connectivity index (χ3v) is 1.60. The van der Waals surface area contributed by atoms with E-state index in [2.05, 4.69) is 10.0 Å². The van der Waals surface area contributed by atoms with Crippen LogP contribution in [0.2, 0.25) is 0 Å². The van der Waals surface area contributed by atoms with Crippen molar-refractivity contribution in [2.45, 2.75) is 12.2 Å². The molecule has 1 aliphatic heterocycles. The van der Waals surface area contributed by atoms with E-state index in [0.717, 1.165) is 0 Å². The number of hydrogen-bond acceptors (Lipinski definition) is 2. The van der Waals surface area contributed by atoms with Crippen molar-refractivity contribution in [2.75, 3.05) is 20.1 Å². The van der Waals surface area contributed by atoms with Crippen molar-refractivity contribution in [3.05, 3.63) is 10.4 Å². The van der Waals surface area contributed by atoms with Crippen LogP contribution in [0.25, 0.3) is 10.4 Å². The fourth-order valence-corrected chi connectivity index (χ4v) is 1.10. The van der Waals surface area contributed by atoms with Gasteiger partial charge in [0, 0.05) is 18.0 Å². The topological polar surface area (TPSA) is 52.0 Å². The zero-order chi connectivity index (χ0) is 7.56. The highest BCUT2D eigenvalue weighted by molar-refractivity contribution is 4.87. The van der Waals surface area contributed by atoms with Crippen molar-refractivity contribution in [1.29, 1.82) is 0 Å². The van der Waals surface area contributed by atoms with E-state index in [0.29, 0.717) is 13.1 Å². The molecule has 0 unspecified atom stereocenters. The van der Waals surface area contributed by atoms with E-state index in [1.54, 1.807) is 7.05 Å². The molecule has 1 fully saturated rings. The van der Waals surface area contributed by atoms with Crippen molar-refractivity contribution in [3.8, 4) is 0 Å². The first kappa shape index (κ1) is 7.31. The molecule has 1 rings (SSSR count). The van der Waals surface area contributed by atoms with E-state index in [1.807, 2.05) is 4.90 Å². The van der Waals surface area contributed by atoms with Gasteiger partial charge in [-0.2, -0.15) is 0 Å². The third-order valence-electron chi connectivity index (χ3n) is 1.60. The maximum absolute atomic E-state index is 12.7. The standard InChI is InChI=1S/C5H9FN4/c1-10-2-4(6)5(3-10)8-9-7/h4-5H,2-3H2,1H3/t4-,5-/m1/s1. The summed E-state index contributed by atoms with van der Waals surface area (Å²) in [6.07, 6.45) is -0.985. The monoisotopic (exact) mass is 144 g/mol. The Kier molecular flexibility index (Phi) is 2.09. The predicted octanol–water partition coefficient (Wildman–Crippen LogP) is 0.949. The zero-order valence-electron chi connectivity index (χ0n) is 5.74. The summed E-state index contributed by atoms with van der Waals surface area (Å²) in [6, 6.07) is -0.477. The molecule has 10 heavy (non-hydrogen) atoms. The molecular weight excluding hydrogens is 135 g/mol. The maximum atomic E-state index is 12.7. The van der Waals surface area contributed by atoms with E-state index < -0.39 is 12.2 Å². The molecule has 1 saturated heterocycles. The largest absolute Gasteiger partial charge is 0.303 e. The second-order valence-electron chi connectivity index (χ2n) is 2.51. The third kappa shape index (κ3) is 1.37. The van der Waals surface area contributed by atoms with Crippen LogP contribution in [0.5, 0.6) is 0 Å². The van der Waals surface area contributed by atoms with Crippen LogP contribution in [0.15, 0.2) is 5.11 Å². The van der Waals surface area contributed by atoms with Gasteiger partial charge in [-0.25, -0.2) is 4.39 Å². The molecule has 0 aromatic carbocycles. The van der Waals surface area contributed by atoms with Crippen molar-refractivity contribution < 1.29 is 4.39 Å². The minimum absolute atomic E-state index is 0.379. The number of likely N-dealkylation sites (N-methyl/N-ethyl adjacent to an activating group) is 1. The summed E-state index contributed by atoms with van der Waals surface area (Å²) in [6.45, 7) is 0.912. The van der Waals surface area contributed by atoms with Gasteiger partial charge in [0.25, 0.3) is 0 Å². The molecule has 4 nitrogen and oxygen atoms in total. The molecule has 0 aromatic rings. The lowest BCUT2D eigenvalue weighted by Crippen LogP contribution is -2.15. The van der Waals surface area contributed by atoms with Gasteiger partial charge in [0.1, 0.15) is 6.17 Å². The summed E-state index contributed by atoms with van der Waals surface area (Å²) in [5, 5.41) is 3.32. The average molecular weight is 144 g/mol. The van der Waals surface area contributed by atoms with Gasteiger partial charge in [0.05, 0.1) is 6.04 Å². The summed E-state index contributed by atoms with van der Waals surface area (Å²) < 4.78 is 12.7.